The van der Waals surface area contributed by atoms with Gasteiger partial charge in [0.15, 0.2) is 0 Å². The van der Waals surface area contributed by atoms with E-state index in [4.69, 9.17) is 0 Å². The summed E-state index contributed by atoms with van der Waals surface area (Å²) in [5, 5.41) is 3.28. The summed E-state index contributed by atoms with van der Waals surface area (Å²) in [4.78, 5) is 27.2. The number of hydrogen-bond donors (Lipinski definition) is 1. The number of carbonyl (C=O) groups is 2. The molecule has 2 saturated heterocycles. The number of hydrogen-bond acceptors (Lipinski definition) is 4. The van der Waals surface area contributed by atoms with Crippen LogP contribution < -0.4 is 5.32 Å². The first-order valence-electron chi connectivity index (χ1n) is 6.88. The third kappa shape index (κ3) is 2.90. The van der Waals surface area contributed by atoms with Gasteiger partial charge >= 0.3 is 0 Å². The molecule has 2 aliphatic rings. The number of imide groups is 1. The molecule has 0 saturated carbocycles. The van der Waals surface area contributed by atoms with E-state index in [-0.39, 0.29) is 17.9 Å². The first-order valence-corrected chi connectivity index (χ1v) is 6.88. The third-order valence-electron chi connectivity index (χ3n) is 3.94. The molecule has 0 aromatic heterocycles. The fourth-order valence-electron chi connectivity index (χ4n) is 2.92. The molecule has 2 atom stereocenters. The molecule has 2 rings (SSSR count). The maximum atomic E-state index is 11.9. The Kier molecular flexibility index (Phi) is 4.35. The Bertz CT molecular complexity index is 332. The van der Waals surface area contributed by atoms with Gasteiger partial charge in [0.1, 0.15) is 0 Å². The monoisotopic (exact) mass is 253 g/mol. The quantitative estimate of drug-likeness (QED) is 0.720. The number of carbonyl (C=O) groups excluding carboxylic acids is 2. The zero-order valence-electron chi connectivity index (χ0n) is 11.3. The number of amides is 2. The summed E-state index contributed by atoms with van der Waals surface area (Å²) in [7, 11) is 2.13. The van der Waals surface area contributed by atoms with Gasteiger partial charge in [-0.2, -0.15) is 0 Å². The molecule has 0 aliphatic carbocycles. The van der Waals surface area contributed by atoms with Crippen LogP contribution in [0.2, 0.25) is 0 Å². The van der Waals surface area contributed by atoms with E-state index in [1.807, 2.05) is 6.92 Å². The van der Waals surface area contributed by atoms with Crippen LogP contribution >= 0.6 is 0 Å². The average molecular weight is 253 g/mol. The summed E-state index contributed by atoms with van der Waals surface area (Å²) in [6.07, 6.45) is 2.76. The van der Waals surface area contributed by atoms with Gasteiger partial charge in [-0.1, -0.05) is 0 Å². The van der Waals surface area contributed by atoms with Crippen molar-refractivity contribution in [2.75, 3.05) is 33.2 Å². The van der Waals surface area contributed by atoms with E-state index in [9.17, 15) is 9.59 Å². The molecule has 5 nitrogen and oxygen atoms in total. The largest absolute Gasteiger partial charge is 0.306 e. The predicted octanol–water partition coefficient (Wildman–Crippen LogP) is 0.0652. The Labute approximate surface area is 108 Å². The number of piperidine rings is 1. The fraction of sp³-hybridized carbons (Fsp3) is 0.846. The second-order valence-corrected chi connectivity index (χ2v) is 5.41. The van der Waals surface area contributed by atoms with Crippen LogP contribution in [0.5, 0.6) is 0 Å². The van der Waals surface area contributed by atoms with Crippen LogP contribution in [-0.2, 0) is 9.59 Å². The summed E-state index contributed by atoms with van der Waals surface area (Å²) in [6.45, 7) is 5.42. The molecule has 0 aromatic carbocycles. The van der Waals surface area contributed by atoms with Crippen LogP contribution in [0.15, 0.2) is 0 Å². The lowest BCUT2D eigenvalue weighted by molar-refractivity contribution is -0.138. The molecule has 102 valence electrons. The Hall–Kier alpha value is -0.940. The highest BCUT2D eigenvalue weighted by atomic mass is 16.2. The van der Waals surface area contributed by atoms with Gasteiger partial charge in [0.05, 0.1) is 12.5 Å². The van der Waals surface area contributed by atoms with Gasteiger partial charge < -0.3 is 10.2 Å². The number of nitrogens with zero attached hydrogens (tertiary/aromatic N) is 2. The smallest absolute Gasteiger partial charge is 0.246 e. The summed E-state index contributed by atoms with van der Waals surface area (Å²) in [6, 6.07) is -0.287. The minimum absolute atomic E-state index is 0.0410. The maximum absolute atomic E-state index is 11.9. The minimum atomic E-state index is -0.287. The van der Waals surface area contributed by atoms with Crippen molar-refractivity contribution in [3.8, 4) is 0 Å². The normalized spacial score (nSPS) is 30.2. The molecule has 2 unspecified atom stereocenters. The van der Waals surface area contributed by atoms with Gasteiger partial charge in [-0.25, -0.2) is 0 Å². The van der Waals surface area contributed by atoms with Crippen molar-refractivity contribution in [3.63, 3.8) is 0 Å². The van der Waals surface area contributed by atoms with Crippen LogP contribution in [0.25, 0.3) is 0 Å². The second kappa shape index (κ2) is 5.80. The molecule has 1 N–H and O–H groups in total. The highest BCUT2D eigenvalue weighted by Gasteiger charge is 2.37. The van der Waals surface area contributed by atoms with Crippen molar-refractivity contribution in [1.29, 1.82) is 0 Å². The summed E-state index contributed by atoms with van der Waals surface area (Å²) < 4.78 is 0. The highest BCUT2D eigenvalue weighted by Crippen LogP contribution is 2.16. The molecule has 5 heteroatoms. The van der Waals surface area contributed by atoms with Gasteiger partial charge in [-0.15, -0.1) is 0 Å². The zero-order chi connectivity index (χ0) is 13.1. The van der Waals surface area contributed by atoms with Gasteiger partial charge in [-0.05, 0) is 45.8 Å². The standard InChI is InChI=1S/C13H23N3O2/c1-3-16-12(17)7-11(13(16)18)14-8-10-5-4-6-15(2)9-10/h10-11,14H,3-9H2,1-2H3. The predicted molar refractivity (Wildman–Crippen MR) is 69.0 cm³/mol. The lowest BCUT2D eigenvalue weighted by Crippen LogP contribution is -2.43. The Morgan fingerprint density at radius 3 is 2.78 bits per heavy atom. The lowest BCUT2D eigenvalue weighted by Gasteiger charge is -2.30. The van der Waals surface area contributed by atoms with E-state index < -0.39 is 0 Å². The van der Waals surface area contributed by atoms with Crippen molar-refractivity contribution in [3.05, 3.63) is 0 Å². The molecule has 2 fully saturated rings. The molecule has 0 bridgehead atoms. The fourth-order valence-corrected chi connectivity index (χ4v) is 2.92. The Morgan fingerprint density at radius 2 is 2.17 bits per heavy atom. The van der Waals surface area contributed by atoms with Gasteiger partial charge in [0.25, 0.3) is 0 Å². The first-order chi connectivity index (χ1) is 8.61. The van der Waals surface area contributed by atoms with Gasteiger partial charge in [0, 0.05) is 13.1 Å². The highest BCUT2D eigenvalue weighted by molar-refractivity contribution is 6.05. The van der Waals surface area contributed by atoms with E-state index in [2.05, 4.69) is 17.3 Å². The SMILES string of the molecule is CCN1C(=O)CC(NCC2CCCN(C)C2)C1=O. The summed E-state index contributed by atoms with van der Waals surface area (Å²) in [5.41, 5.74) is 0. The van der Waals surface area contributed by atoms with Crippen LogP contribution in [0.4, 0.5) is 0 Å². The first kappa shape index (κ1) is 13.5. The minimum Gasteiger partial charge on any atom is -0.306 e. The molecule has 0 radical (unpaired) electrons. The number of likely N-dealkylation sites (tertiary alicyclic amines) is 2. The molecular weight excluding hydrogens is 230 g/mol. The Balaban J connectivity index is 1.80. The van der Waals surface area contributed by atoms with E-state index in [1.165, 1.54) is 24.3 Å². The van der Waals surface area contributed by atoms with Crippen molar-refractivity contribution < 1.29 is 9.59 Å². The molecule has 18 heavy (non-hydrogen) atoms. The van der Waals surface area contributed by atoms with Crippen LogP contribution in [0, 0.1) is 5.92 Å². The summed E-state index contributed by atoms with van der Waals surface area (Å²) >= 11 is 0. The van der Waals surface area contributed by atoms with Crippen molar-refractivity contribution in [2.45, 2.75) is 32.2 Å². The van der Waals surface area contributed by atoms with E-state index in [0.717, 1.165) is 13.1 Å². The van der Waals surface area contributed by atoms with Gasteiger partial charge in [0.2, 0.25) is 11.8 Å². The Morgan fingerprint density at radius 1 is 1.39 bits per heavy atom. The van der Waals surface area contributed by atoms with Crippen molar-refractivity contribution in [2.24, 2.45) is 5.92 Å². The second-order valence-electron chi connectivity index (χ2n) is 5.41. The average Bonchev–Trinajstić information content (AvgIpc) is 2.61. The van der Waals surface area contributed by atoms with Crippen LogP contribution in [0.3, 0.4) is 0 Å². The number of likely N-dealkylation sites (N-methyl/N-ethyl adjacent to an activating group) is 1. The molecule has 2 heterocycles. The topological polar surface area (TPSA) is 52.7 Å². The molecule has 2 aliphatic heterocycles. The maximum Gasteiger partial charge on any atom is 0.246 e. The molecule has 0 aromatic rings. The van der Waals surface area contributed by atoms with E-state index in [1.54, 1.807) is 0 Å². The van der Waals surface area contributed by atoms with E-state index >= 15 is 0 Å². The van der Waals surface area contributed by atoms with Crippen molar-refractivity contribution in [1.82, 2.24) is 15.1 Å². The number of nitrogens with one attached hydrogen (secondary N) is 1. The number of rotatable bonds is 4. The molecular formula is C13H23N3O2. The zero-order valence-corrected chi connectivity index (χ0v) is 11.3. The van der Waals surface area contributed by atoms with E-state index in [0.29, 0.717) is 18.9 Å². The third-order valence-corrected chi connectivity index (χ3v) is 3.94. The van der Waals surface area contributed by atoms with Crippen LogP contribution in [-0.4, -0.2) is 60.9 Å². The van der Waals surface area contributed by atoms with Crippen LogP contribution in [0.1, 0.15) is 26.2 Å². The summed E-state index contributed by atoms with van der Waals surface area (Å²) in [5.74, 6) is 0.509. The lowest BCUT2D eigenvalue weighted by atomic mass is 9.98. The molecule has 2 amide bonds. The van der Waals surface area contributed by atoms with Gasteiger partial charge in [-0.3, -0.25) is 14.5 Å². The molecule has 0 spiro atoms. The van der Waals surface area contributed by atoms with Crippen molar-refractivity contribution >= 4 is 11.8 Å².